The van der Waals surface area contributed by atoms with E-state index in [9.17, 15) is 10.2 Å². The molecular formula is C14H27NO3. The van der Waals surface area contributed by atoms with Crippen molar-refractivity contribution in [3.8, 4) is 0 Å². The zero-order chi connectivity index (χ0) is 13.1. The Kier molecular flexibility index (Phi) is 4.64. The molecule has 18 heavy (non-hydrogen) atoms. The van der Waals surface area contributed by atoms with E-state index >= 15 is 0 Å². The van der Waals surface area contributed by atoms with Gasteiger partial charge < -0.3 is 20.3 Å². The summed E-state index contributed by atoms with van der Waals surface area (Å²) in [5.41, 5.74) is -0.177. The molecule has 1 heterocycles. The minimum Gasteiger partial charge on any atom is -0.394 e. The number of hydrogen-bond acceptors (Lipinski definition) is 4. The molecule has 0 aromatic heterocycles. The van der Waals surface area contributed by atoms with Crippen LogP contribution in [-0.2, 0) is 4.74 Å². The van der Waals surface area contributed by atoms with Crippen molar-refractivity contribution in [3.05, 3.63) is 0 Å². The summed E-state index contributed by atoms with van der Waals surface area (Å²) in [7, 11) is 0. The standard InChI is InChI=1S/C14H27NO3/c1-2-14(10-16,11-17)15-12-4-3-5-13(12)6-8-18-9-7-13/h12,15-17H,2-11H2,1H3. The first-order chi connectivity index (χ1) is 8.70. The normalized spacial score (nSPS) is 27.8. The van der Waals surface area contributed by atoms with Gasteiger partial charge in [-0.3, -0.25) is 0 Å². The molecule has 106 valence electrons. The van der Waals surface area contributed by atoms with Crippen LogP contribution in [-0.4, -0.2) is 48.2 Å². The van der Waals surface area contributed by atoms with Gasteiger partial charge in [-0.05, 0) is 37.5 Å². The summed E-state index contributed by atoms with van der Waals surface area (Å²) >= 11 is 0. The van der Waals surface area contributed by atoms with E-state index in [-0.39, 0.29) is 13.2 Å². The molecule has 1 unspecified atom stereocenters. The highest BCUT2D eigenvalue weighted by atomic mass is 16.5. The zero-order valence-electron chi connectivity index (χ0n) is 11.5. The Bertz CT molecular complexity index is 252. The molecular weight excluding hydrogens is 230 g/mol. The van der Waals surface area contributed by atoms with Crippen LogP contribution in [0.2, 0.25) is 0 Å². The van der Waals surface area contributed by atoms with Gasteiger partial charge in [-0.1, -0.05) is 13.3 Å². The van der Waals surface area contributed by atoms with Gasteiger partial charge in [0, 0.05) is 19.3 Å². The first-order valence-electron chi connectivity index (χ1n) is 7.27. The maximum Gasteiger partial charge on any atom is 0.0647 e. The van der Waals surface area contributed by atoms with Crippen LogP contribution in [0.4, 0.5) is 0 Å². The molecule has 1 saturated heterocycles. The van der Waals surface area contributed by atoms with E-state index in [0.717, 1.165) is 38.9 Å². The number of aliphatic hydroxyl groups excluding tert-OH is 2. The van der Waals surface area contributed by atoms with Crippen LogP contribution in [0.15, 0.2) is 0 Å². The summed E-state index contributed by atoms with van der Waals surface area (Å²) in [6, 6.07) is 0.417. The van der Waals surface area contributed by atoms with Gasteiger partial charge in [-0.25, -0.2) is 0 Å². The van der Waals surface area contributed by atoms with Crippen molar-refractivity contribution in [1.82, 2.24) is 5.32 Å². The summed E-state index contributed by atoms with van der Waals surface area (Å²) in [6.07, 6.45) is 6.63. The fourth-order valence-electron chi connectivity index (χ4n) is 3.58. The predicted octanol–water partition coefficient (Wildman–Crippen LogP) is 1.06. The Labute approximate surface area is 110 Å². The molecule has 1 spiro atoms. The molecule has 2 fully saturated rings. The molecule has 1 aliphatic heterocycles. The molecule has 0 aromatic rings. The van der Waals surface area contributed by atoms with Gasteiger partial charge in [-0.15, -0.1) is 0 Å². The highest BCUT2D eigenvalue weighted by molar-refractivity contribution is 5.01. The lowest BCUT2D eigenvalue weighted by molar-refractivity contribution is -0.0118. The monoisotopic (exact) mass is 257 g/mol. The third-order valence-electron chi connectivity index (χ3n) is 5.16. The van der Waals surface area contributed by atoms with Gasteiger partial charge in [-0.2, -0.15) is 0 Å². The number of hydrogen-bond donors (Lipinski definition) is 3. The van der Waals surface area contributed by atoms with Gasteiger partial charge in [0.1, 0.15) is 0 Å². The number of aliphatic hydroxyl groups is 2. The van der Waals surface area contributed by atoms with Crippen LogP contribution in [0.3, 0.4) is 0 Å². The van der Waals surface area contributed by atoms with Crippen molar-refractivity contribution >= 4 is 0 Å². The topological polar surface area (TPSA) is 61.7 Å². The Balaban J connectivity index is 2.07. The van der Waals surface area contributed by atoms with Gasteiger partial charge in [0.15, 0.2) is 0 Å². The lowest BCUT2D eigenvalue weighted by Gasteiger charge is -2.44. The van der Waals surface area contributed by atoms with E-state index < -0.39 is 5.54 Å². The molecule has 4 heteroatoms. The first-order valence-corrected chi connectivity index (χ1v) is 7.27. The predicted molar refractivity (Wildman–Crippen MR) is 70.5 cm³/mol. The molecule has 1 saturated carbocycles. The summed E-state index contributed by atoms with van der Waals surface area (Å²) in [5, 5.41) is 22.7. The molecule has 3 N–H and O–H groups in total. The van der Waals surface area contributed by atoms with Crippen LogP contribution in [0, 0.1) is 5.41 Å². The van der Waals surface area contributed by atoms with E-state index in [1.54, 1.807) is 0 Å². The van der Waals surface area contributed by atoms with E-state index in [4.69, 9.17) is 4.74 Å². The molecule has 0 aromatic carbocycles. The average molecular weight is 257 g/mol. The quantitative estimate of drug-likeness (QED) is 0.689. The summed E-state index contributed by atoms with van der Waals surface area (Å²) < 4.78 is 5.49. The van der Waals surface area contributed by atoms with Crippen molar-refractivity contribution in [2.75, 3.05) is 26.4 Å². The highest BCUT2D eigenvalue weighted by Gasteiger charge is 2.46. The van der Waals surface area contributed by atoms with Crippen molar-refractivity contribution in [1.29, 1.82) is 0 Å². The number of nitrogens with one attached hydrogen (secondary N) is 1. The van der Waals surface area contributed by atoms with Gasteiger partial charge >= 0.3 is 0 Å². The van der Waals surface area contributed by atoms with E-state index in [1.807, 2.05) is 6.92 Å². The van der Waals surface area contributed by atoms with Crippen molar-refractivity contribution in [2.24, 2.45) is 5.41 Å². The fraction of sp³-hybridized carbons (Fsp3) is 1.00. The van der Waals surface area contributed by atoms with Crippen LogP contribution in [0.25, 0.3) is 0 Å². The minimum absolute atomic E-state index is 0.00306. The zero-order valence-corrected chi connectivity index (χ0v) is 11.5. The summed E-state index contributed by atoms with van der Waals surface area (Å²) in [6.45, 7) is 3.74. The van der Waals surface area contributed by atoms with Gasteiger partial charge in [0.05, 0.1) is 18.8 Å². The van der Waals surface area contributed by atoms with E-state index in [1.165, 1.54) is 12.8 Å². The van der Waals surface area contributed by atoms with Crippen molar-refractivity contribution in [2.45, 2.75) is 57.0 Å². The third kappa shape index (κ3) is 2.57. The maximum absolute atomic E-state index is 9.58. The fourth-order valence-corrected chi connectivity index (χ4v) is 3.58. The van der Waals surface area contributed by atoms with E-state index in [0.29, 0.717) is 11.5 Å². The third-order valence-corrected chi connectivity index (χ3v) is 5.16. The Morgan fingerprint density at radius 1 is 1.22 bits per heavy atom. The van der Waals surface area contributed by atoms with E-state index in [2.05, 4.69) is 5.32 Å². The van der Waals surface area contributed by atoms with Crippen molar-refractivity contribution < 1.29 is 14.9 Å². The summed E-state index contributed by atoms with van der Waals surface area (Å²) in [5.74, 6) is 0. The number of rotatable bonds is 5. The molecule has 1 aliphatic carbocycles. The first kappa shape index (κ1) is 14.3. The lowest BCUT2D eigenvalue weighted by Crippen LogP contribution is -2.59. The molecule has 1 atom stereocenters. The second kappa shape index (κ2) is 5.87. The second-order valence-electron chi connectivity index (χ2n) is 6.01. The Morgan fingerprint density at radius 2 is 1.89 bits per heavy atom. The largest absolute Gasteiger partial charge is 0.394 e. The average Bonchev–Trinajstić information content (AvgIpc) is 2.79. The lowest BCUT2D eigenvalue weighted by atomic mass is 9.74. The molecule has 2 rings (SSSR count). The molecule has 2 aliphatic rings. The van der Waals surface area contributed by atoms with Gasteiger partial charge in [0.25, 0.3) is 0 Å². The Morgan fingerprint density at radius 3 is 2.44 bits per heavy atom. The second-order valence-corrected chi connectivity index (χ2v) is 6.01. The van der Waals surface area contributed by atoms with Crippen molar-refractivity contribution in [3.63, 3.8) is 0 Å². The Hall–Kier alpha value is -0.160. The highest BCUT2D eigenvalue weighted by Crippen LogP contribution is 2.46. The molecule has 0 radical (unpaired) electrons. The van der Waals surface area contributed by atoms with Crippen LogP contribution < -0.4 is 5.32 Å². The van der Waals surface area contributed by atoms with Crippen LogP contribution in [0.1, 0.15) is 45.4 Å². The summed E-state index contributed by atoms with van der Waals surface area (Å²) in [4.78, 5) is 0. The minimum atomic E-state index is -0.514. The SMILES string of the molecule is CCC(CO)(CO)NC1CCCC12CCOCC2. The molecule has 0 amide bonds. The van der Waals surface area contributed by atoms with Crippen LogP contribution >= 0.6 is 0 Å². The maximum atomic E-state index is 9.58. The number of ether oxygens (including phenoxy) is 1. The smallest absolute Gasteiger partial charge is 0.0647 e. The molecule has 0 bridgehead atoms. The van der Waals surface area contributed by atoms with Crippen LogP contribution in [0.5, 0.6) is 0 Å². The van der Waals surface area contributed by atoms with Gasteiger partial charge in [0.2, 0.25) is 0 Å². The molecule has 4 nitrogen and oxygen atoms in total.